The minimum Gasteiger partial charge on any atom is -0.444 e. The summed E-state index contributed by atoms with van der Waals surface area (Å²) in [5, 5.41) is 2.79. The molecule has 1 fully saturated rings. The standard InChI is InChI=1S/C26H34FN3O3/c1-26(2,3)33-25(32)28-23(18-20-8-5-4-6-9-20)24(31)30-15-7-14-29(16-17-30)19-21-10-12-22(27)13-11-21/h4-6,8-13,23H,7,14-19H2,1-3H3,(H,28,32). The van der Waals surface area contributed by atoms with Crippen LogP contribution in [0, 0.1) is 5.82 Å². The van der Waals surface area contributed by atoms with Crippen LogP contribution in [0.1, 0.15) is 38.3 Å². The minimum atomic E-state index is -0.703. The molecule has 1 atom stereocenters. The number of rotatable bonds is 6. The van der Waals surface area contributed by atoms with E-state index in [1.54, 1.807) is 32.9 Å². The molecule has 7 heteroatoms. The first kappa shape index (κ1) is 24.7. The SMILES string of the molecule is CC(C)(C)OC(=O)NC(Cc1ccccc1)C(=O)N1CCCN(Cc2ccc(F)cc2)CC1. The van der Waals surface area contributed by atoms with Gasteiger partial charge in [0.05, 0.1) is 0 Å². The summed E-state index contributed by atoms with van der Waals surface area (Å²) in [5.74, 6) is -0.346. The summed E-state index contributed by atoms with van der Waals surface area (Å²) in [6.07, 6.45) is 0.635. The Morgan fingerprint density at radius 1 is 0.970 bits per heavy atom. The average Bonchev–Trinajstić information content (AvgIpc) is 2.99. The van der Waals surface area contributed by atoms with Gasteiger partial charge in [-0.3, -0.25) is 9.69 Å². The first-order chi connectivity index (χ1) is 15.7. The highest BCUT2D eigenvalue weighted by atomic mass is 19.1. The highest BCUT2D eigenvalue weighted by Gasteiger charge is 2.29. The smallest absolute Gasteiger partial charge is 0.408 e. The lowest BCUT2D eigenvalue weighted by molar-refractivity contribution is -0.133. The van der Waals surface area contributed by atoms with E-state index >= 15 is 0 Å². The van der Waals surface area contributed by atoms with Gasteiger partial charge in [0.25, 0.3) is 0 Å². The van der Waals surface area contributed by atoms with Crippen LogP contribution < -0.4 is 5.32 Å². The molecule has 33 heavy (non-hydrogen) atoms. The third kappa shape index (κ3) is 8.17. The van der Waals surface area contributed by atoms with Crippen molar-refractivity contribution in [1.29, 1.82) is 0 Å². The Kier molecular flexibility index (Phi) is 8.44. The quantitative estimate of drug-likeness (QED) is 0.715. The Bertz CT molecular complexity index is 913. The molecule has 178 valence electrons. The monoisotopic (exact) mass is 455 g/mol. The summed E-state index contributed by atoms with van der Waals surface area (Å²) < 4.78 is 18.6. The van der Waals surface area contributed by atoms with Gasteiger partial charge in [-0.2, -0.15) is 0 Å². The van der Waals surface area contributed by atoms with Crippen LogP contribution in [-0.2, 0) is 22.5 Å². The van der Waals surface area contributed by atoms with Crippen molar-refractivity contribution >= 4 is 12.0 Å². The number of carbonyl (C=O) groups is 2. The van der Waals surface area contributed by atoms with E-state index in [0.29, 0.717) is 32.6 Å². The molecule has 3 rings (SSSR count). The second-order valence-electron chi connectivity index (χ2n) is 9.47. The van der Waals surface area contributed by atoms with E-state index in [1.807, 2.05) is 35.2 Å². The highest BCUT2D eigenvalue weighted by molar-refractivity contribution is 5.86. The van der Waals surface area contributed by atoms with Crippen molar-refractivity contribution in [2.75, 3.05) is 26.2 Å². The number of halogens is 1. The van der Waals surface area contributed by atoms with E-state index in [4.69, 9.17) is 4.74 Å². The number of hydrogen-bond donors (Lipinski definition) is 1. The van der Waals surface area contributed by atoms with Crippen molar-refractivity contribution in [3.8, 4) is 0 Å². The van der Waals surface area contributed by atoms with Gasteiger partial charge in [0.2, 0.25) is 5.91 Å². The van der Waals surface area contributed by atoms with Gasteiger partial charge in [-0.15, -0.1) is 0 Å². The molecule has 0 bridgehead atoms. The third-order valence-corrected chi connectivity index (χ3v) is 5.49. The van der Waals surface area contributed by atoms with Crippen molar-refractivity contribution in [2.24, 2.45) is 0 Å². The predicted molar refractivity (Wildman–Crippen MR) is 126 cm³/mol. The molecule has 1 aliphatic rings. The Morgan fingerprint density at radius 3 is 2.33 bits per heavy atom. The van der Waals surface area contributed by atoms with Gasteiger partial charge in [-0.1, -0.05) is 42.5 Å². The number of nitrogens with zero attached hydrogens (tertiary/aromatic N) is 2. The van der Waals surface area contributed by atoms with Crippen LogP contribution in [-0.4, -0.2) is 59.6 Å². The Hall–Kier alpha value is -2.93. The Morgan fingerprint density at radius 2 is 1.67 bits per heavy atom. The van der Waals surface area contributed by atoms with E-state index in [9.17, 15) is 14.0 Å². The molecule has 1 heterocycles. The first-order valence-corrected chi connectivity index (χ1v) is 11.5. The number of hydrogen-bond acceptors (Lipinski definition) is 4. The van der Waals surface area contributed by atoms with Gasteiger partial charge < -0.3 is 15.0 Å². The molecule has 1 aliphatic heterocycles. The molecule has 0 aromatic heterocycles. The maximum atomic E-state index is 13.5. The Labute approximate surface area is 195 Å². The number of carbonyl (C=O) groups excluding carboxylic acids is 2. The summed E-state index contributed by atoms with van der Waals surface area (Å²) in [7, 11) is 0. The van der Waals surface area contributed by atoms with Crippen LogP contribution in [0.5, 0.6) is 0 Å². The molecule has 0 spiro atoms. The molecule has 0 aliphatic carbocycles. The zero-order chi connectivity index (χ0) is 23.8. The van der Waals surface area contributed by atoms with Crippen molar-refractivity contribution in [3.05, 3.63) is 71.5 Å². The lowest BCUT2D eigenvalue weighted by atomic mass is 10.0. The number of ether oxygens (including phenoxy) is 1. The number of amides is 2. The van der Waals surface area contributed by atoms with Crippen LogP contribution in [0.3, 0.4) is 0 Å². The number of benzene rings is 2. The summed E-state index contributed by atoms with van der Waals surface area (Å²) in [5.41, 5.74) is 1.37. The molecule has 2 amide bonds. The number of nitrogens with one attached hydrogen (secondary N) is 1. The van der Waals surface area contributed by atoms with Crippen LogP contribution in [0.4, 0.5) is 9.18 Å². The van der Waals surface area contributed by atoms with Gasteiger partial charge >= 0.3 is 6.09 Å². The molecule has 0 radical (unpaired) electrons. The fraction of sp³-hybridized carbons (Fsp3) is 0.462. The molecule has 1 unspecified atom stereocenters. The Balaban J connectivity index is 1.65. The first-order valence-electron chi connectivity index (χ1n) is 11.5. The maximum absolute atomic E-state index is 13.5. The second-order valence-corrected chi connectivity index (χ2v) is 9.47. The lowest BCUT2D eigenvalue weighted by Crippen LogP contribution is -2.51. The summed E-state index contributed by atoms with van der Waals surface area (Å²) >= 11 is 0. The molecule has 2 aromatic rings. The average molecular weight is 456 g/mol. The zero-order valence-corrected chi connectivity index (χ0v) is 19.7. The van der Waals surface area contributed by atoms with Crippen LogP contribution >= 0.6 is 0 Å². The number of alkyl carbamates (subject to hydrolysis) is 1. The minimum absolute atomic E-state index is 0.103. The van der Waals surface area contributed by atoms with Crippen molar-refractivity contribution in [2.45, 2.75) is 51.8 Å². The third-order valence-electron chi connectivity index (χ3n) is 5.49. The zero-order valence-electron chi connectivity index (χ0n) is 19.7. The predicted octanol–water partition coefficient (Wildman–Crippen LogP) is 4.00. The largest absolute Gasteiger partial charge is 0.444 e. The van der Waals surface area contributed by atoms with Gasteiger partial charge in [-0.25, -0.2) is 9.18 Å². The molecule has 1 N–H and O–H groups in total. The fourth-order valence-electron chi connectivity index (χ4n) is 3.92. The summed E-state index contributed by atoms with van der Waals surface area (Å²) in [6.45, 7) is 8.87. The normalized spacial score (nSPS) is 16.1. The van der Waals surface area contributed by atoms with E-state index < -0.39 is 17.7 Å². The van der Waals surface area contributed by atoms with Crippen LogP contribution in [0.2, 0.25) is 0 Å². The van der Waals surface area contributed by atoms with Crippen molar-refractivity contribution in [3.63, 3.8) is 0 Å². The van der Waals surface area contributed by atoms with Crippen LogP contribution in [0.25, 0.3) is 0 Å². The van der Waals surface area contributed by atoms with E-state index in [2.05, 4.69) is 10.2 Å². The molecule has 1 saturated heterocycles. The highest BCUT2D eigenvalue weighted by Crippen LogP contribution is 2.14. The van der Waals surface area contributed by atoms with Crippen LogP contribution in [0.15, 0.2) is 54.6 Å². The second kappa shape index (κ2) is 11.3. The topological polar surface area (TPSA) is 61.9 Å². The molecule has 0 saturated carbocycles. The van der Waals surface area contributed by atoms with E-state index in [-0.39, 0.29) is 11.7 Å². The van der Waals surface area contributed by atoms with Gasteiger partial charge in [0.15, 0.2) is 0 Å². The van der Waals surface area contributed by atoms with Gasteiger partial charge in [-0.05, 0) is 50.5 Å². The fourth-order valence-corrected chi connectivity index (χ4v) is 3.92. The molecular formula is C26H34FN3O3. The van der Waals surface area contributed by atoms with Gasteiger partial charge in [0, 0.05) is 39.1 Å². The van der Waals surface area contributed by atoms with Crippen molar-refractivity contribution in [1.82, 2.24) is 15.1 Å². The summed E-state index contributed by atoms with van der Waals surface area (Å²) in [6, 6.07) is 15.5. The molecule has 2 aromatic carbocycles. The molecular weight excluding hydrogens is 421 g/mol. The summed E-state index contributed by atoms with van der Waals surface area (Å²) in [4.78, 5) is 30.0. The van der Waals surface area contributed by atoms with Gasteiger partial charge in [0.1, 0.15) is 17.5 Å². The van der Waals surface area contributed by atoms with E-state index in [1.165, 1.54) is 12.1 Å². The van der Waals surface area contributed by atoms with E-state index in [0.717, 1.165) is 24.1 Å². The lowest BCUT2D eigenvalue weighted by Gasteiger charge is -2.28. The molecule has 6 nitrogen and oxygen atoms in total. The maximum Gasteiger partial charge on any atom is 0.408 e. The van der Waals surface area contributed by atoms with Crippen molar-refractivity contribution < 1.29 is 18.7 Å².